The highest BCUT2D eigenvalue weighted by molar-refractivity contribution is 6.08. The molecule has 1 aromatic carbocycles. The second-order valence-electron chi connectivity index (χ2n) is 5.04. The summed E-state index contributed by atoms with van der Waals surface area (Å²) >= 11 is 0. The van der Waals surface area contributed by atoms with Crippen LogP contribution in [0.5, 0.6) is 5.75 Å². The molecule has 0 fully saturated rings. The second-order valence-corrected chi connectivity index (χ2v) is 5.04. The summed E-state index contributed by atoms with van der Waals surface area (Å²) in [5.74, 6) is -1.71. The number of ether oxygens (including phenoxy) is 1. The minimum atomic E-state index is -1.14. The summed E-state index contributed by atoms with van der Waals surface area (Å²) in [6, 6.07) is 6.62. The van der Waals surface area contributed by atoms with Gasteiger partial charge < -0.3 is 9.84 Å². The molecule has 9 heteroatoms. The molecule has 25 heavy (non-hydrogen) atoms. The number of rotatable bonds is 5. The normalized spacial score (nSPS) is 10.6. The van der Waals surface area contributed by atoms with E-state index < -0.39 is 16.7 Å². The number of nitrogens with zero attached hydrogens (tertiary/aromatic N) is 3. The molecule has 0 atom stereocenters. The van der Waals surface area contributed by atoms with Crippen LogP contribution in [0.15, 0.2) is 42.7 Å². The lowest BCUT2D eigenvalue weighted by atomic mass is 10.1. The van der Waals surface area contributed by atoms with Crippen molar-refractivity contribution in [1.29, 1.82) is 0 Å². The van der Waals surface area contributed by atoms with Crippen LogP contribution in [0.1, 0.15) is 26.5 Å². The lowest BCUT2D eigenvalue weighted by Gasteiger charge is -2.05. The molecule has 1 N–H and O–H groups in total. The van der Waals surface area contributed by atoms with Crippen LogP contribution in [-0.4, -0.2) is 38.3 Å². The van der Waals surface area contributed by atoms with E-state index in [1.807, 2.05) is 0 Å². The largest absolute Gasteiger partial charge is 0.490 e. The fourth-order valence-corrected chi connectivity index (χ4v) is 2.47. The second kappa shape index (κ2) is 6.04. The molecule has 2 heterocycles. The fraction of sp³-hybridized carbons (Fsp3) is 0.0625. The predicted octanol–water partition coefficient (Wildman–Crippen LogP) is 2.18. The summed E-state index contributed by atoms with van der Waals surface area (Å²) in [6.45, 7) is 0. The van der Waals surface area contributed by atoms with Gasteiger partial charge in [-0.25, -0.2) is 9.78 Å². The average Bonchev–Trinajstić information content (AvgIpc) is 3.04. The Morgan fingerprint density at radius 3 is 2.72 bits per heavy atom. The first-order valence-electron chi connectivity index (χ1n) is 7.00. The molecule has 0 radical (unpaired) electrons. The van der Waals surface area contributed by atoms with Crippen LogP contribution < -0.4 is 4.74 Å². The molecule has 0 aliphatic carbocycles. The number of imidazole rings is 1. The third-order valence-electron chi connectivity index (χ3n) is 3.64. The van der Waals surface area contributed by atoms with E-state index in [0.717, 1.165) is 0 Å². The average molecular weight is 341 g/mol. The third-order valence-corrected chi connectivity index (χ3v) is 3.64. The van der Waals surface area contributed by atoms with Gasteiger partial charge in [0.1, 0.15) is 0 Å². The number of pyridine rings is 1. The van der Waals surface area contributed by atoms with E-state index in [0.29, 0.717) is 0 Å². The molecule has 3 rings (SSSR count). The van der Waals surface area contributed by atoms with Crippen LogP contribution in [-0.2, 0) is 0 Å². The van der Waals surface area contributed by atoms with Crippen LogP contribution >= 0.6 is 0 Å². The van der Waals surface area contributed by atoms with Gasteiger partial charge in [-0.05, 0) is 24.3 Å². The Morgan fingerprint density at radius 2 is 2.08 bits per heavy atom. The van der Waals surface area contributed by atoms with E-state index >= 15 is 0 Å². The highest BCUT2D eigenvalue weighted by atomic mass is 16.6. The van der Waals surface area contributed by atoms with Crippen LogP contribution in [0.25, 0.3) is 5.52 Å². The van der Waals surface area contributed by atoms with Gasteiger partial charge in [0, 0.05) is 17.8 Å². The fourth-order valence-electron chi connectivity index (χ4n) is 2.47. The summed E-state index contributed by atoms with van der Waals surface area (Å²) in [4.78, 5) is 38.3. The number of ketones is 1. The highest BCUT2D eigenvalue weighted by Crippen LogP contribution is 2.28. The Balaban J connectivity index is 2.10. The van der Waals surface area contributed by atoms with Crippen LogP contribution in [0.3, 0.4) is 0 Å². The Bertz CT molecular complexity index is 1020. The summed E-state index contributed by atoms with van der Waals surface area (Å²) < 4.78 is 6.31. The van der Waals surface area contributed by atoms with Crippen molar-refractivity contribution < 1.29 is 24.4 Å². The van der Waals surface area contributed by atoms with Crippen molar-refractivity contribution in [3.8, 4) is 5.75 Å². The molecule has 0 amide bonds. The molecule has 0 spiro atoms. The summed E-state index contributed by atoms with van der Waals surface area (Å²) in [6.07, 6.45) is 2.81. The summed E-state index contributed by atoms with van der Waals surface area (Å²) in [7, 11) is 1.26. The quantitative estimate of drug-likeness (QED) is 0.428. The van der Waals surface area contributed by atoms with Gasteiger partial charge in [-0.1, -0.05) is 0 Å². The number of aromatic carboxylic acids is 1. The topological polar surface area (TPSA) is 124 Å². The van der Waals surface area contributed by atoms with Crippen LogP contribution in [0.2, 0.25) is 0 Å². The van der Waals surface area contributed by atoms with Crippen molar-refractivity contribution in [2.75, 3.05) is 7.11 Å². The molecule has 0 saturated carbocycles. The van der Waals surface area contributed by atoms with Gasteiger partial charge in [0.15, 0.2) is 11.6 Å². The van der Waals surface area contributed by atoms with Crippen molar-refractivity contribution in [3.63, 3.8) is 0 Å². The first-order chi connectivity index (χ1) is 11.9. The Kier molecular flexibility index (Phi) is 3.89. The van der Waals surface area contributed by atoms with E-state index in [2.05, 4.69) is 4.98 Å². The molecule has 0 aliphatic rings. The number of carbonyl (C=O) groups is 2. The van der Waals surface area contributed by atoms with Crippen molar-refractivity contribution in [2.45, 2.75) is 0 Å². The molecule has 0 unspecified atom stereocenters. The van der Waals surface area contributed by atoms with Crippen LogP contribution in [0.4, 0.5) is 5.69 Å². The number of fused-ring (bicyclic) bond motifs is 1. The number of nitro benzene ring substituents is 1. The number of nitro groups is 1. The van der Waals surface area contributed by atoms with E-state index in [1.54, 1.807) is 0 Å². The van der Waals surface area contributed by atoms with E-state index in [4.69, 9.17) is 4.74 Å². The Hall–Kier alpha value is -3.75. The summed E-state index contributed by atoms with van der Waals surface area (Å²) in [5.41, 5.74) is 0.151. The Morgan fingerprint density at radius 1 is 1.32 bits per heavy atom. The lowest BCUT2D eigenvalue weighted by molar-refractivity contribution is -0.385. The number of benzene rings is 1. The standard InChI is InChI=1S/C16H11N3O6/c1-25-13-7-9(4-5-11(13)19(23)24)14(20)15-17-8-12-10(16(21)22)3-2-6-18(12)15/h2-8H,1H3,(H,21,22). The number of methoxy groups -OCH3 is 1. The SMILES string of the molecule is COc1cc(C(=O)c2ncc3c(C(=O)O)cccn23)ccc1[N+](=O)[O-]. The van der Waals surface area contributed by atoms with Crippen molar-refractivity contribution in [1.82, 2.24) is 9.38 Å². The zero-order valence-electron chi connectivity index (χ0n) is 12.9. The smallest absolute Gasteiger partial charge is 0.337 e. The number of hydrogen-bond donors (Lipinski definition) is 1. The Labute approximate surface area is 140 Å². The first kappa shape index (κ1) is 16.1. The highest BCUT2D eigenvalue weighted by Gasteiger charge is 2.22. The van der Waals surface area contributed by atoms with E-state index in [9.17, 15) is 24.8 Å². The minimum Gasteiger partial charge on any atom is -0.490 e. The number of aromatic nitrogens is 2. The number of carboxylic acids is 1. The lowest BCUT2D eigenvalue weighted by Crippen LogP contribution is -2.09. The summed E-state index contributed by atoms with van der Waals surface area (Å²) in [5, 5.41) is 20.1. The number of carbonyl (C=O) groups excluding carboxylic acids is 1. The maximum absolute atomic E-state index is 12.7. The number of carboxylic acid groups (broad SMARTS) is 1. The molecule has 0 saturated heterocycles. The van der Waals surface area contributed by atoms with Gasteiger partial charge in [-0.2, -0.15) is 0 Å². The monoisotopic (exact) mass is 341 g/mol. The minimum absolute atomic E-state index is 0.00555. The van der Waals surface area contributed by atoms with Crippen molar-refractivity contribution >= 4 is 23.0 Å². The molecular formula is C16H11N3O6. The third kappa shape index (κ3) is 2.67. The molecule has 9 nitrogen and oxygen atoms in total. The molecule has 3 aromatic rings. The molecular weight excluding hydrogens is 330 g/mol. The molecule has 0 bridgehead atoms. The van der Waals surface area contributed by atoms with Gasteiger partial charge in [-0.3, -0.25) is 19.3 Å². The van der Waals surface area contributed by atoms with Crippen molar-refractivity contribution in [3.05, 3.63) is 69.8 Å². The predicted molar refractivity (Wildman–Crippen MR) is 85.2 cm³/mol. The number of hydrogen-bond acceptors (Lipinski definition) is 6. The zero-order valence-corrected chi connectivity index (χ0v) is 12.9. The molecule has 126 valence electrons. The maximum Gasteiger partial charge on any atom is 0.337 e. The van der Waals surface area contributed by atoms with Crippen molar-refractivity contribution in [2.24, 2.45) is 0 Å². The van der Waals surface area contributed by atoms with Gasteiger partial charge in [-0.15, -0.1) is 0 Å². The van der Waals surface area contributed by atoms with Gasteiger partial charge in [0.05, 0.1) is 29.3 Å². The van der Waals surface area contributed by atoms with Gasteiger partial charge in [0.2, 0.25) is 5.78 Å². The maximum atomic E-state index is 12.7. The molecule has 2 aromatic heterocycles. The first-order valence-corrected chi connectivity index (χ1v) is 7.00. The molecule has 0 aliphatic heterocycles. The van der Waals surface area contributed by atoms with Gasteiger partial charge in [0.25, 0.3) is 0 Å². The van der Waals surface area contributed by atoms with E-state index in [1.165, 1.54) is 54.2 Å². The van der Waals surface area contributed by atoms with Gasteiger partial charge >= 0.3 is 11.7 Å². The van der Waals surface area contributed by atoms with E-state index in [-0.39, 0.29) is 33.9 Å². The van der Waals surface area contributed by atoms with Crippen LogP contribution in [0, 0.1) is 10.1 Å². The zero-order chi connectivity index (χ0) is 18.1.